The summed E-state index contributed by atoms with van der Waals surface area (Å²) in [7, 11) is 1.51. The number of aryl methyl sites for hydroxylation is 1. The molecule has 0 aliphatic carbocycles. The number of amides is 1. The van der Waals surface area contributed by atoms with E-state index in [4.69, 9.17) is 4.74 Å². The highest BCUT2D eigenvalue weighted by Crippen LogP contribution is 2.42. The van der Waals surface area contributed by atoms with Crippen LogP contribution in [0, 0.1) is 6.92 Å². The van der Waals surface area contributed by atoms with E-state index in [2.05, 4.69) is 9.97 Å². The zero-order valence-corrected chi connectivity index (χ0v) is 19.7. The molecular formula is C27H21N3O7. The Hall–Kier alpha value is -5.12. The molecule has 1 aliphatic rings. The van der Waals surface area contributed by atoms with E-state index in [1.54, 1.807) is 25.1 Å². The number of hydrogen-bond acceptors (Lipinski definition) is 7. The molecule has 1 aromatic heterocycles. The highest BCUT2D eigenvalue weighted by Gasteiger charge is 2.48. The number of phenolic OH excluding ortho intramolecular Hbond substituents is 1. The Morgan fingerprint density at radius 2 is 1.76 bits per heavy atom. The summed E-state index contributed by atoms with van der Waals surface area (Å²) >= 11 is 0. The number of carbonyl (C=O) groups is 3. The normalized spacial score (nSPS) is 16.9. The third-order valence-electron chi connectivity index (χ3n) is 6.29. The van der Waals surface area contributed by atoms with E-state index in [9.17, 15) is 29.7 Å². The molecule has 2 heterocycles. The SMILES string of the molecule is COc1ccc(/C(O)=C2\C(=O)C(=O)N(c3nc4ccc(C(=O)O)cc4[nH]3)C2c2ccc(O)cc2)c(C)c1. The fourth-order valence-corrected chi connectivity index (χ4v) is 4.44. The van der Waals surface area contributed by atoms with Gasteiger partial charge in [0.05, 0.1) is 35.3 Å². The van der Waals surface area contributed by atoms with Crippen molar-refractivity contribution in [1.29, 1.82) is 0 Å². The number of aromatic amines is 1. The first-order valence-electron chi connectivity index (χ1n) is 11.2. The lowest BCUT2D eigenvalue weighted by atomic mass is 9.94. The van der Waals surface area contributed by atoms with Crippen molar-refractivity contribution in [2.24, 2.45) is 0 Å². The molecule has 1 atom stereocenters. The number of hydrogen-bond donors (Lipinski definition) is 4. The third-order valence-corrected chi connectivity index (χ3v) is 6.29. The Morgan fingerprint density at radius 1 is 1.03 bits per heavy atom. The van der Waals surface area contributed by atoms with Crippen molar-refractivity contribution in [1.82, 2.24) is 9.97 Å². The molecule has 0 radical (unpaired) electrons. The number of carbonyl (C=O) groups excluding carboxylic acids is 2. The molecule has 0 bridgehead atoms. The van der Waals surface area contributed by atoms with Crippen molar-refractivity contribution >= 4 is 40.4 Å². The maximum Gasteiger partial charge on any atom is 0.335 e. The Kier molecular flexibility index (Phi) is 5.63. The second-order valence-corrected chi connectivity index (χ2v) is 8.54. The maximum atomic E-state index is 13.3. The molecule has 1 fully saturated rings. The van der Waals surface area contributed by atoms with Crippen molar-refractivity contribution < 1.29 is 34.4 Å². The number of carboxylic acids is 1. The predicted octanol–water partition coefficient (Wildman–Crippen LogP) is 3.91. The highest BCUT2D eigenvalue weighted by atomic mass is 16.5. The molecule has 37 heavy (non-hydrogen) atoms. The van der Waals surface area contributed by atoms with Crippen LogP contribution < -0.4 is 9.64 Å². The van der Waals surface area contributed by atoms with Crippen molar-refractivity contribution in [2.45, 2.75) is 13.0 Å². The number of ether oxygens (including phenoxy) is 1. The van der Waals surface area contributed by atoms with Gasteiger partial charge in [0, 0.05) is 5.56 Å². The van der Waals surface area contributed by atoms with Crippen LogP contribution in [0.5, 0.6) is 11.5 Å². The molecule has 1 aliphatic heterocycles. The van der Waals surface area contributed by atoms with Gasteiger partial charge in [-0.05, 0) is 66.6 Å². The minimum absolute atomic E-state index is 0.00298. The molecule has 186 valence electrons. The molecule has 10 heteroatoms. The van der Waals surface area contributed by atoms with Crippen molar-refractivity contribution in [3.8, 4) is 11.5 Å². The fourth-order valence-electron chi connectivity index (χ4n) is 4.44. The zero-order valence-electron chi connectivity index (χ0n) is 19.7. The molecule has 0 spiro atoms. The number of phenols is 1. The van der Waals surface area contributed by atoms with Crippen LogP contribution in [0.3, 0.4) is 0 Å². The summed E-state index contributed by atoms with van der Waals surface area (Å²) in [4.78, 5) is 46.5. The average Bonchev–Trinajstić information content (AvgIpc) is 3.41. The summed E-state index contributed by atoms with van der Waals surface area (Å²) in [6.45, 7) is 1.74. The Balaban J connectivity index is 1.72. The summed E-state index contributed by atoms with van der Waals surface area (Å²) in [5, 5.41) is 30.4. The molecule has 1 unspecified atom stereocenters. The molecule has 4 N–H and O–H groups in total. The number of nitrogens with one attached hydrogen (secondary N) is 1. The number of anilines is 1. The first kappa shape index (κ1) is 23.6. The van der Waals surface area contributed by atoms with Gasteiger partial charge < -0.3 is 25.0 Å². The van der Waals surface area contributed by atoms with Crippen molar-refractivity contribution in [2.75, 3.05) is 12.0 Å². The van der Waals surface area contributed by atoms with Crippen LogP contribution >= 0.6 is 0 Å². The number of Topliss-reactive ketones (excluding diaryl/α,β-unsaturated/α-hetero) is 1. The van der Waals surface area contributed by atoms with Gasteiger partial charge in [0.2, 0.25) is 5.95 Å². The molecule has 1 saturated heterocycles. The van der Waals surface area contributed by atoms with E-state index in [0.717, 1.165) is 4.90 Å². The quantitative estimate of drug-likeness (QED) is 0.183. The lowest BCUT2D eigenvalue weighted by molar-refractivity contribution is -0.132. The molecule has 0 saturated carbocycles. The Labute approximate surface area is 210 Å². The molecule has 3 aromatic carbocycles. The van der Waals surface area contributed by atoms with Crippen LogP contribution in [-0.2, 0) is 9.59 Å². The van der Waals surface area contributed by atoms with Crippen LogP contribution in [0.25, 0.3) is 16.8 Å². The number of aromatic hydroxyl groups is 1. The van der Waals surface area contributed by atoms with E-state index in [-0.39, 0.29) is 28.6 Å². The number of benzene rings is 3. The number of aliphatic hydroxyl groups is 1. The van der Waals surface area contributed by atoms with Crippen LogP contribution in [0.15, 0.2) is 66.2 Å². The van der Waals surface area contributed by atoms with Crippen molar-refractivity contribution in [3.63, 3.8) is 0 Å². The Bertz CT molecular complexity index is 1620. The summed E-state index contributed by atoms with van der Waals surface area (Å²) in [5.74, 6) is -2.80. The van der Waals surface area contributed by atoms with Crippen LogP contribution in [0.4, 0.5) is 5.95 Å². The lowest BCUT2D eigenvalue weighted by Gasteiger charge is -2.23. The number of carboxylic acid groups (broad SMARTS) is 1. The van der Waals surface area contributed by atoms with E-state index in [1.807, 2.05) is 0 Å². The fraction of sp³-hybridized carbons (Fsp3) is 0.111. The number of fused-ring (bicyclic) bond motifs is 1. The number of rotatable bonds is 5. The van der Waals surface area contributed by atoms with Crippen LogP contribution in [0.2, 0.25) is 0 Å². The number of aromatic nitrogens is 2. The molecular weight excluding hydrogens is 478 g/mol. The first-order chi connectivity index (χ1) is 17.7. The van der Waals surface area contributed by atoms with Gasteiger partial charge in [0.1, 0.15) is 17.3 Å². The second kappa shape index (κ2) is 8.83. The zero-order chi connectivity index (χ0) is 26.4. The van der Waals surface area contributed by atoms with Crippen molar-refractivity contribution in [3.05, 3.63) is 88.5 Å². The van der Waals surface area contributed by atoms with Crippen LogP contribution in [0.1, 0.15) is 33.1 Å². The standard InChI is InChI=1S/C27H21N3O7/c1-13-11-17(37-2)8-9-18(13)23(32)21-22(14-3-6-16(31)7-4-14)30(25(34)24(21)33)27-28-19-10-5-15(26(35)36)12-20(19)29-27/h3-12,22,31-32H,1-2H3,(H,28,29)(H,35,36)/b23-21+. The van der Waals surface area contributed by atoms with Gasteiger partial charge in [-0.15, -0.1) is 0 Å². The first-order valence-corrected chi connectivity index (χ1v) is 11.2. The predicted molar refractivity (Wildman–Crippen MR) is 134 cm³/mol. The largest absolute Gasteiger partial charge is 0.508 e. The average molecular weight is 499 g/mol. The third kappa shape index (κ3) is 3.94. The van der Waals surface area contributed by atoms with E-state index >= 15 is 0 Å². The van der Waals surface area contributed by atoms with E-state index < -0.39 is 23.7 Å². The molecule has 5 rings (SSSR count). The van der Waals surface area contributed by atoms with E-state index in [1.165, 1.54) is 49.6 Å². The summed E-state index contributed by atoms with van der Waals surface area (Å²) < 4.78 is 5.22. The van der Waals surface area contributed by atoms with Gasteiger partial charge >= 0.3 is 11.9 Å². The topological polar surface area (TPSA) is 153 Å². The number of nitrogens with zero attached hydrogens (tertiary/aromatic N) is 2. The number of aliphatic hydroxyl groups excluding tert-OH is 1. The monoisotopic (exact) mass is 499 g/mol. The number of ketones is 1. The number of aromatic carboxylic acids is 1. The van der Waals surface area contributed by atoms with Gasteiger partial charge in [0.15, 0.2) is 0 Å². The smallest absolute Gasteiger partial charge is 0.335 e. The lowest BCUT2D eigenvalue weighted by Crippen LogP contribution is -2.30. The van der Waals surface area contributed by atoms with E-state index in [0.29, 0.717) is 33.5 Å². The molecule has 4 aromatic rings. The highest BCUT2D eigenvalue weighted by molar-refractivity contribution is 6.51. The number of H-pyrrole nitrogens is 1. The van der Waals surface area contributed by atoms with Gasteiger partial charge in [0.25, 0.3) is 5.78 Å². The van der Waals surface area contributed by atoms with Gasteiger partial charge in [-0.3, -0.25) is 14.5 Å². The van der Waals surface area contributed by atoms with Gasteiger partial charge in [-0.25, -0.2) is 9.78 Å². The van der Waals surface area contributed by atoms with Gasteiger partial charge in [-0.1, -0.05) is 12.1 Å². The summed E-state index contributed by atoms with van der Waals surface area (Å²) in [6.07, 6.45) is 0. The van der Waals surface area contributed by atoms with Gasteiger partial charge in [-0.2, -0.15) is 0 Å². The maximum absolute atomic E-state index is 13.3. The Morgan fingerprint density at radius 3 is 2.41 bits per heavy atom. The number of methoxy groups -OCH3 is 1. The summed E-state index contributed by atoms with van der Waals surface area (Å²) in [6, 6.07) is 14.0. The minimum atomic E-state index is -1.13. The molecule has 1 amide bonds. The number of imidazole rings is 1. The van der Waals surface area contributed by atoms with Crippen LogP contribution in [-0.4, -0.2) is 50.1 Å². The molecule has 10 nitrogen and oxygen atoms in total. The second-order valence-electron chi connectivity index (χ2n) is 8.54. The minimum Gasteiger partial charge on any atom is -0.508 e. The summed E-state index contributed by atoms with van der Waals surface area (Å²) in [5.41, 5.74) is 2.02.